The van der Waals surface area contributed by atoms with E-state index in [1.807, 2.05) is 14.0 Å². The van der Waals surface area contributed by atoms with Crippen LogP contribution in [0.4, 0.5) is 5.95 Å². The average molecular weight is 307 g/mol. The first-order chi connectivity index (χ1) is 10.7. The highest BCUT2D eigenvalue weighted by molar-refractivity contribution is 5.31. The van der Waals surface area contributed by atoms with Crippen molar-refractivity contribution in [2.24, 2.45) is 7.05 Å². The van der Waals surface area contributed by atoms with Crippen molar-refractivity contribution in [3.8, 4) is 0 Å². The number of nitrogens with zero attached hydrogens (tertiary/aromatic N) is 5. The average Bonchev–Trinajstić information content (AvgIpc) is 3.06. The third kappa shape index (κ3) is 2.51. The van der Waals surface area contributed by atoms with E-state index in [9.17, 15) is 0 Å². The molecule has 22 heavy (non-hydrogen) atoms. The minimum atomic E-state index is 0.0721. The molecule has 3 aliphatic heterocycles. The SMILES string of the molecule is Cc1nnc(N2CCN(CC3CCC4(COC4)O3)CC2)n1C. The van der Waals surface area contributed by atoms with E-state index < -0.39 is 0 Å². The van der Waals surface area contributed by atoms with E-state index in [4.69, 9.17) is 9.47 Å². The maximum absolute atomic E-state index is 6.21. The summed E-state index contributed by atoms with van der Waals surface area (Å²) in [5, 5.41) is 8.44. The molecule has 0 aromatic carbocycles. The van der Waals surface area contributed by atoms with Gasteiger partial charge in [-0.05, 0) is 19.8 Å². The second-order valence-electron chi connectivity index (χ2n) is 6.85. The molecule has 1 unspecified atom stereocenters. The zero-order valence-corrected chi connectivity index (χ0v) is 13.5. The summed E-state index contributed by atoms with van der Waals surface area (Å²) in [7, 11) is 2.03. The largest absolute Gasteiger partial charge is 0.375 e. The molecule has 7 heteroatoms. The van der Waals surface area contributed by atoms with Crippen LogP contribution >= 0.6 is 0 Å². The first-order valence-corrected chi connectivity index (χ1v) is 8.24. The molecule has 0 bridgehead atoms. The number of rotatable bonds is 3. The molecule has 1 aromatic heterocycles. The predicted molar refractivity (Wildman–Crippen MR) is 82.1 cm³/mol. The summed E-state index contributed by atoms with van der Waals surface area (Å²) in [6.45, 7) is 8.77. The number of hydrogen-bond acceptors (Lipinski definition) is 6. The van der Waals surface area contributed by atoms with Gasteiger partial charge in [-0.3, -0.25) is 4.90 Å². The van der Waals surface area contributed by atoms with Gasteiger partial charge >= 0.3 is 0 Å². The molecule has 3 saturated heterocycles. The topological polar surface area (TPSA) is 55.7 Å². The molecular weight excluding hydrogens is 282 g/mol. The number of aryl methyl sites for hydroxylation is 1. The van der Waals surface area contributed by atoms with E-state index in [0.717, 1.165) is 64.1 Å². The monoisotopic (exact) mass is 307 g/mol. The van der Waals surface area contributed by atoms with E-state index >= 15 is 0 Å². The Morgan fingerprint density at radius 2 is 1.95 bits per heavy atom. The summed E-state index contributed by atoms with van der Waals surface area (Å²) in [6, 6.07) is 0. The fraction of sp³-hybridized carbons (Fsp3) is 0.867. The van der Waals surface area contributed by atoms with Gasteiger partial charge in [-0.25, -0.2) is 0 Å². The molecule has 122 valence electrons. The highest BCUT2D eigenvalue weighted by atomic mass is 16.6. The first-order valence-electron chi connectivity index (χ1n) is 8.24. The van der Waals surface area contributed by atoms with E-state index in [-0.39, 0.29) is 5.60 Å². The summed E-state index contributed by atoms with van der Waals surface area (Å²) >= 11 is 0. The van der Waals surface area contributed by atoms with Crippen molar-refractivity contribution in [2.75, 3.05) is 50.8 Å². The Bertz CT molecular complexity index is 534. The fourth-order valence-corrected chi connectivity index (χ4v) is 3.66. The normalized spacial score (nSPS) is 28.3. The Morgan fingerprint density at radius 1 is 1.18 bits per heavy atom. The second kappa shape index (κ2) is 5.47. The Kier molecular flexibility index (Phi) is 3.58. The van der Waals surface area contributed by atoms with Gasteiger partial charge in [0, 0.05) is 39.8 Å². The summed E-state index contributed by atoms with van der Waals surface area (Å²) in [5.41, 5.74) is 0.0721. The van der Waals surface area contributed by atoms with Crippen LogP contribution in [0.25, 0.3) is 0 Å². The molecule has 3 fully saturated rings. The standard InChI is InChI=1S/C15H25N5O2/c1-12-16-17-14(18(12)2)20-7-5-19(6-8-20)9-13-3-4-15(22-13)10-21-11-15/h13H,3-11H2,1-2H3. The summed E-state index contributed by atoms with van der Waals surface area (Å²) < 4.78 is 13.6. The molecular formula is C15H25N5O2. The van der Waals surface area contributed by atoms with E-state index in [0.29, 0.717) is 6.10 Å². The van der Waals surface area contributed by atoms with Crippen molar-refractivity contribution >= 4 is 5.95 Å². The smallest absolute Gasteiger partial charge is 0.227 e. The van der Waals surface area contributed by atoms with Crippen molar-refractivity contribution < 1.29 is 9.47 Å². The molecule has 4 rings (SSSR count). The number of hydrogen-bond donors (Lipinski definition) is 0. The molecule has 1 aromatic rings. The fourth-order valence-electron chi connectivity index (χ4n) is 3.66. The first kappa shape index (κ1) is 14.4. The zero-order chi connectivity index (χ0) is 15.2. The van der Waals surface area contributed by atoms with Gasteiger partial charge in [0.2, 0.25) is 5.95 Å². The van der Waals surface area contributed by atoms with Crippen LogP contribution in [0.3, 0.4) is 0 Å². The molecule has 1 spiro atoms. The predicted octanol–water partition coefficient (Wildman–Crippen LogP) is 0.194. The van der Waals surface area contributed by atoms with Gasteiger partial charge in [-0.1, -0.05) is 0 Å². The second-order valence-corrected chi connectivity index (χ2v) is 6.85. The van der Waals surface area contributed by atoms with E-state index in [1.54, 1.807) is 0 Å². The third-order valence-electron chi connectivity index (χ3n) is 5.26. The highest BCUT2D eigenvalue weighted by Crippen LogP contribution is 2.36. The molecule has 4 heterocycles. The highest BCUT2D eigenvalue weighted by Gasteiger charge is 2.46. The molecule has 0 saturated carbocycles. The Morgan fingerprint density at radius 3 is 2.50 bits per heavy atom. The molecule has 0 aliphatic carbocycles. The summed E-state index contributed by atoms with van der Waals surface area (Å²) in [5.74, 6) is 1.95. The summed E-state index contributed by atoms with van der Waals surface area (Å²) in [4.78, 5) is 4.84. The Labute approximate surface area is 131 Å². The lowest BCUT2D eigenvalue weighted by molar-refractivity contribution is -0.201. The molecule has 0 amide bonds. The molecule has 1 atom stereocenters. The minimum Gasteiger partial charge on any atom is -0.375 e. The Balaban J connectivity index is 1.28. The number of aromatic nitrogens is 3. The number of piperazine rings is 1. The maximum Gasteiger partial charge on any atom is 0.227 e. The van der Waals surface area contributed by atoms with Crippen LogP contribution in [0, 0.1) is 6.92 Å². The van der Waals surface area contributed by atoms with Crippen LogP contribution in [0.2, 0.25) is 0 Å². The lowest BCUT2D eigenvalue weighted by atomic mass is 9.98. The molecule has 3 aliphatic rings. The van der Waals surface area contributed by atoms with Crippen LogP contribution in [0.5, 0.6) is 0 Å². The van der Waals surface area contributed by atoms with Crippen molar-refractivity contribution in [3.63, 3.8) is 0 Å². The Hall–Kier alpha value is -1.18. The molecule has 0 N–H and O–H groups in total. The van der Waals surface area contributed by atoms with E-state index in [1.165, 1.54) is 6.42 Å². The van der Waals surface area contributed by atoms with Crippen LogP contribution in [0.15, 0.2) is 0 Å². The van der Waals surface area contributed by atoms with E-state index in [2.05, 4.69) is 24.6 Å². The number of anilines is 1. The van der Waals surface area contributed by atoms with Gasteiger partial charge in [0.15, 0.2) is 0 Å². The van der Waals surface area contributed by atoms with Crippen LogP contribution in [-0.2, 0) is 16.5 Å². The van der Waals surface area contributed by atoms with Gasteiger partial charge in [0.1, 0.15) is 11.4 Å². The van der Waals surface area contributed by atoms with Gasteiger partial charge < -0.3 is 18.9 Å². The molecule has 0 radical (unpaired) electrons. The van der Waals surface area contributed by atoms with Crippen LogP contribution < -0.4 is 4.90 Å². The van der Waals surface area contributed by atoms with Gasteiger partial charge in [0.25, 0.3) is 0 Å². The van der Waals surface area contributed by atoms with Crippen LogP contribution in [0.1, 0.15) is 18.7 Å². The molecule has 7 nitrogen and oxygen atoms in total. The van der Waals surface area contributed by atoms with Gasteiger partial charge in [0.05, 0.1) is 19.3 Å². The van der Waals surface area contributed by atoms with Crippen molar-refractivity contribution in [3.05, 3.63) is 5.82 Å². The zero-order valence-electron chi connectivity index (χ0n) is 13.5. The van der Waals surface area contributed by atoms with Crippen molar-refractivity contribution in [2.45, 2.75) is 31.5 Å². The summed E-state index contributed by atoms with van der Waals surface area (Å²) in [6.07, 6.45) is 2.72. The lowest BCUT2D eigenvalue weighted by Crippen LogP contribution is -2.52. The van der Waals surface area contributed by atoms with Crippen molar-refractivity contribution in [1.29, 1.82) is 0 Å². The van der Waals surface area contributed by atoms with Gasteiger partial charge in [-0.2, -0.15) is 0 Å². The lowest BCUT2D eigenvalue weighted by Gasteiger charge is -2.39. The third-order valence-corrected chi connectivity index (χ3v) is 5.26. The van der Waals surface area contributed by atoms with Gasteiger partial charge in [-0.15, -0.1) is 10.2 Å². The van der Waals surface area contributed by atoms with Crippen molar-refractivity contribution in [1.82, 2.24) is 19.7 Å². The minimum absolute atomic E-state index is 0.0721. The quantitative estimate of drug-likeness (QED) is 0.795. The maximum atomic E-state index is 6.21. The number of ether oxygens (including phenoxy) is 2. The van der Waals surface area contributed by atoms with Crippen LogP contribution in [-0.4, -0.2) is 77.3 Å².